The van der Waals surface area contributed by atoms with E-state index in [2.05, 4.69) is 10.3 Å². The van der Waals surface area contributed by atoms with E-state index in [0.29, 0.717) is 23.1 Å². The maximum atomic E-state index is 8.80. The molecule has 0 bridgehead atoms. The van der Waals surface area contributed by atoms with Crippen LogP contribution < -0.4 is 10.1 Å². The molecule has 1 N–H and O–H groups in total. The minimum Gasteiger partial charge on any atom is -0.478 e. The molecular weight excluding hydrogens is 262 g/mol. The van der Waals surface area contributed by atoms with Gasteiger partial charge in [-0.05, 0) is 31.2 Å². The second-order valence-corrected chi connectivity index (χ2v) is 4.16. The van der Waals surface area contributed by atoms with Crippen LogP contribution in [-0.4, -0.2) is 11.6 Å². The molecule has 1 aromatic carbocycles. The number of pyridine rings is 1. The molecule has 0 amide bonds. The molecule has 1 heterocycles. The lowest BCUT2D eigenvalue weighted by Gasteiger charge is -2.08. The van der Waals surface area contributed by atoms with Gasteiger partial charge < -0.3 is 10.1 Å². The number of hydrogen-bond acceptors (Lipinski definition) is 4. The molecule has 0 atom stereocenters. The van der Waals surface area contributed by atoms with Gasteiger partial charge >= 0.3 is 0 Å². The molecule has 0 unspecified atom stereocenters. The smallest absolute Gasteiger partial charge is 0.213 e. The van der Waals surface area contributed by atoms with Gasteiger partial charge in [0, 0.05) is 11.8 Å². The Bertz CT molecular complexity index is 605. The highest BCUT2D eigenvalue weighted by molar-refractivity contribution is 6.32. The van der Waals surface area contributed by atoms with Crippen molar-refractivity contribution in [2.45, 2.75) is 6.92 Å². The molecule has 0 saturated heterocycles. The van der Waals surface area contributed by atoms with E-state index in [-0.39, 0.29) is 0 Å². The second-order valence-electron chi connectivity index (χ2n) is 3.75. The summed E-state index contributed by atoms with van der Waals surface area (Å²) in [6, 6.07) is 10.8. The SMILES string of the molecule is CCOc1ccc(Nc2ccc(C#N)c(Cl)c2)cn1. The van der Waals surface area contributed by atoms with E-state index in [1.165, 1.54) is 0 Å². The van der Waals surface area contributed by atoms with Crippen LogP contribution in [0.5, 0.6) is 5.88 Å². The van der Waals surface area contributed by atoms with Gasteiger partial charge in [0.05, 0.1) is 29.1 Å². The lowest BCUT2D eigenvalue weighted by Crippen LogP contribution is -1.96. The highest BCUT2D eigenvalue weighted by Gasteiger charge is 2.02. The first kappa shape index (κ1) is 13.2. The molecule has 2 aromatic rings. The number of nitriles is 1. The number of hydrogen-bond donors (Lipinski definition) is 1. The Balaban J connectivity index is 2.13. The van der Waals surface area contributed by atoms with Gasteiger partial charge in [-0.3, -0.25) is 0 Å². The minimum atomic E-state index is 0.423. The summed E-state index contributed by atoms with van der Waals surface area (Å²) >= 11 is 5.96. The molecule has 0 aliphatic rings. The van der Waals surface area contributed by atoms with Crippen LogP contribution in [0.2, 0.25) is 5.02 Å². The Hall–Kier alpha value is -2.25. The summed E-state index contributed by atoms with van der Waals surface area (Å²) in [5.74, 6) is 0.589. The van der Waals surface area contributed by atoms with Crippen LogP contribution in [0.4, 0.5) is 11.4 Å². The van der Waals surface area contributed by atoms with E-state index in [1.807, 2.05) is 19.1 Å². The van der Waals surface area contributed by atoms with Gasteiger partial charge in [0.2, 0.25) is 5.88 Å². The Morgan fingerprint density at radius 1 is 1.32 bits per heavy atom. The monoisotopic (exact) mass is 273 g/mol. The molecular formula is C14H12ClN3O. The molecule has 19 heavy (non-hydrogen) atoms. The first-order chi connectivity index (χ1) is 9.22. The zero-order valence-corrected chi connectivity index (χ0v) is 11.1. The van der Waals surface area contributed by atoms with Gasteiger partial charge in [0.25, 0.3) is 0 Å². The summed E-state index contributed by atoms with van der Waals surface area (Å²) in [7, 11) is 0. The fourth-order valence-corrected chi connectivity index (χ4v) is 1.76. The predicted molar refractivity (Wildman–Crippen MR) is 74.9 cm³/mol. The van der Waals surface area contributed by atoms with Crippen LogP contribution in [0.1, 0.15) is 12.5 Å². The normalized spacial score (nSPS) is 9.74. The van der Waals surface area contributed by atoms with E-state index in [1.54, 1.807) is 30.5 Å². The fraction of sp³-hybridized carbons (Fsp3) is 0.143. The van der Waals surface area contributed by atoms with Crippen molar-refractivity contribution in [3.05, 3.63) is 47.1 Å². The highest BCUT2D eigenvalue weighted by Crippen LogP contribution is 2.23. The van der Waals surface area contributed by atoms with Gasteiger partial charge in [-0.2, -0.15) is 5.26 Å². The third kappa shape index (κ3) is 3.36. The standard InChI is InChI=1S/C14H12ClN3O/c1-2-19-14-6-5-12(9-17-14)18-11-4-3-10(8-16)13(15)7-11/h3-7,9,18H,2H2,1H3. The number of nitrogens with zero attached hydrogens (tertiary/aromatic N) is 2. The summed E-state index contributed by atoms with van der Waals surface area (Å²) in [5, 5.41) is 12.4. The average molecular weight is 274 g/mol. The zero-order chi connectivity index (χ0) is 13.7. The first-order valence-corrected chi connectivity index (χ1v) is 6.16. The van der Waals surface area contributed by atoms with E-state index in [0.717, 1.165) is 11.4 Å². The second kappa shape index (κ2) is 6.07. The van der Waals surface area contributed by atoms with Crippen LogP contribution in [0, 0.1) is 11.3 Å². The summed E-state index contributed by atoms with van der Waals surface area (Å²) in [6.45, 7) is 2.50. The zero-order valence-electron chi connectivity index (χ0n) is 10.4. The van der Waals surface area contributed by atoms with Crippen LogP contribution in [-0.2, 0) is 0 Å². The minimum absolute atomic E-state index is 0.423. The molecule has 0 aliphatic heterocycles. The van der Waals surface area contributed by atoms with Crippen molar-refractivity contribution in [3.63, 3.8) is 0 Å². The average Bonchev–Trinajstić information content (AvgIpc) is 2.42. The van der Waals surface area contributed by atoms with E-state index in [4.69, 9.17) is 21.6 Å². The van der Waals surface area contributed by atoms with Gasteiger partial charge in [0.1, 0.15) is 6.07 Å². The summed E-state index contributed by atoms with van der Waals surface area (Å²) in [5.41, 5.74) is 2.08. The highest BCUT2D eigenvalue weighted by atomic mass is 35.5. The van der Waals surface area contributed by atoms with Gasteiger partial charge in [0.15, 0.2) is 0 Å². The molecule has 0 saturated carbocycles. The molecule has 0 fully saturated rings. The molecule has 4 nitrogen and oxygen atoms in total. The molecule has 0 spiro atoms. The summed E-state index contributed by atoms with van der Waals surface area (Å²) in [6.07, 6.45) is 1.68. The Morgan fingerprint density at radius 2 is 2.11 bits per heavy atom. The number of anilines is 2. The van der Waals surface area contributed by atoms with Crippen LogP contribution in [0.25, 0.3) is 0 Å². The summed E-state index contributed by atoms with van der Waals surface area (Å²) in [4.78, 5) is 4.15. The van der Waals surface area contributed by atoms with Crippen molar-refractivity contribution in [2.75, 3.05) is 11.9 Å². The van der Waals surface area contributed by atoms with Crippen molar-refractivity contribution in [3.8, 4) is 11.9 Å². The molecule has 1 aromatic heterocycles. The van der Waals surface area contributed by atoms with Gasteiger partial charge in [-0.15, -0.1) is 0 Å². The maximum Gasteiger partial charge on any atom is 0.213 e. The Kier molecular flexibility index (Phi) is 4.22. The summed E-state index contributed by atoms with van der Waals surface area (Å²) < 4.78 is 5.26. The first-order valence-electron chi connectivity index (χ1n) is 5.78. The van der Waals surface area contributed by atoms with Crippen LogP contribution in [0.15, 0.2) is 36.5 Å². The Morgan fingerprint density at radius 3 is 2.68 bits per heavy atom. The van der Waals surface area contributed by atoms with Crippen LogP contribution >= 0.6 is 11.6 Å². The molecule has 0 aliphatic carbocycles. The Labute approximate surface area is 116 Å². The molecule has 0 radical (unpaired) electrons. The van der Waals surface area contributed by atoms with E-state index < -0.39 is 0 Å². The number of ether oxygens (including phenoxy) is 1. The number of rotatable bonds is 4. The lowest BCUT2D eigenvalue weighted by molar-refractivity contribution is 0.327. The van der Waals surface area contributed by atoms with Gasteiger partial charge in [-0.25, -0.2) is 4.98 Å². The quantitative estimate of drug-likeness (QED) is 0.922. The van der Waals surface area contributed by atoms with Gasteiger partial charge in [-0.1, -0.05) is 11.6 Å². The topological polar surface area (TPSA) is 57.9 Å². The van der Waals surface area contributed by atoms with Crippen molar-refractivity contribution < 1.29 is 4.74 Å². The maximum absolute atomic E-state index is 8.80. The van der Waals surface area contributed by atoms with Crippen LogP contribution in [0.3, 0.4) is 0 Å². The number of nitrogens with one attached hydrogen (secondary N) is 1. The third-order valence-electron chi connectivity index (χ3n) is 2.41. The largest absolute Gasteiger partial charge is 0.478 e. The lowest BCUT2D eigenvalue weighted by atomic mass is 10.2. The van der Waals surface area contributed by atoms with Crippen molar-refractivity contribution >= 4 is 23.0 Å². The van der Waals surface area contributed by atoms with E-state index in [9.17, 15) is 0 Å². The predicted octanol–water partition coefficient (Wildman–Crippen LogP) is 3.75. The third-order valence-corrected chi connectivity index (χ3v) is 2.72. The number of benzene rings is 1. The van der Waals surface area contributed by atoms with Crippen molar-refractivity contribution in [2.24, 2.45) is 0 Å². The molecule has 5 heteroatoms. The molecule has 2 rings (SSSR count). The van der Waals surface area contributed by atoms with Crippen molar-refractivity contribution in [1.82, 2.24) is 4.98 Å². The number of aromatic nitrogens is 1. The van der Waals surface area contributed by atoms with E-state index >= 15 is 0 Å². The van der Waals surface area contributed by atoms with Crippen molar-refractivity contribution in [1.29, 1.82) is 5.26 Å². The molecule has 96 valence electrons. The fourth-order valence-electron chi connectivity index (χ4n) is 1.54. The number of halogens is 1.